The molecule has 2 aliphatic rings. The van der Waals surface area contributed by atoms with Crippen molar-refractivity contribution in [2.24, 2.45) is 5.92 Å². The highest BCUT2D eigenvalue weighted by molar-refractivity contribution is 6.33. The molecule has 4 heterocycles. The van der Waals surface area contributed by atoms with Gasteiger partial charge in [0.15, 0.2) is 0 Å². The van der Waals surface area contributed by atoms with Crippen molar-refractivity contribution in [3.63, 3.8) is 0 Å². The number of amides is 2. The number of pyridine rings is 1. The molecule has 31 heavy (non-hydrogen) atoms. The summed E-state index contributed by atoms with van der Waals surface area (Å²) in [6.45, 7) is 1.88. The molecule has 1 unspecified atom stereocenters. The summed E-state index contributed by atoms with van der Waals surface area (Å²) in [6.07, 6.45) is 6.70. The van der Waals surface area contributed by atoms with Crippen molar-refractivity contribution >= 4 is 34.4 Å². The highest BCUT2D eigenvalue weighted by atomic mass is 35.5. The molecule has 2 aliphatic heterocycles. The lowest BCUT2D eigenvalue weighted by atomic mass is 9.94. The van der Waals surface area contributed by atoms with Crippen LogP contribution >= 0.6 is 11.6 Å². The molecule has 2 aromatic heterocycles. The molecule has 0 radical (unpaired) electrons. The molecule has 0 aliphatic carbocycles. The van der Waals surface area contributed by atoms with Crippen molar-refractivity contribution in [1.82, 2.24) is 24.8 Å². The number of aromatic nitrogens is 3. The lowest BCUT2D eigenvalue weighted by Crippen LogP contribution is -2.44. The number of halogens is 1. The Balaban J connectivity index is 1.25. The summed E-state index contributed by atoms with van der Waals surface area (Å²) in [5.41, 5.74) is 2.28. The maximum atomic E-state index is 13.3. The summed E-state index contributed by atoms with van der Waals surface area (Å²) in [5, 5.41) is 0.464. The van der Waals surface area contributed by atoms with Crippen LogP contribution in [0.4, 0.5) is 0 Å². The minimum Gasteiger partial charge on any atom is -0.339 e. The second-order valence-corrected chi connectivity index (χ2v) is 8.66. The molecule has 1 N–H and O–H groups in total. The van der Waals surface area contributed by atoms with E-state index in [1.165, 1.54) is 0 Å². The van der Waals surface area contributed by atoms with Crippen LogP contribution in [0.15, 0.2) is 42.7 Å². The number of fused-ring (bicyclic) bond motifs is 1. The van der Waals surface area contributed by atoms with Gasteiger partial charge in [0.2, 0.25) is 5.91 Å². The predicted molar refractivity (Wildman–Crippen MR) is 118 cm³/mol. The Morgan fingerprint density at radius 2 is 1.87 bits per heavy atom. The van der Waals surface area contributed by atoms with Gasteiger partial charge < -0.3 is 14.8 Å². The maximum Gasteiger partial charge on any atom is 0.255 e. The molecule has 0 spiro atoms. The number of hydrogen-bond acceptors (Lipinski definition) is 4. The van der Waals surface area contributed by atoms with E-state index in [2.05, 4.69) is 9.97 Å². The van der Waals surface area contributed by atoms with Crippen molar-refractivity contribution in [2.75, 3.05) is 19.6 Å². The van der Waals surface area contributed by atoms with Gasteiger partial charge in [0.05, 0.1) is 33.9 Å². The predicted octanol–water partition coefficient (Wildman–Crippen LogP) is 3.83. The summed E-state index contributed by atoms with van der Waals surface area (Å²) >= 11 is 6.19. The van der Waals surface area contributed by atoms with Gasteiger partial charge in [0.1, 0.15) is 5.82 Å². The number of benzene rings is 1. The minimum absolute atomic E-state index is 0.0253. The van der Waals surface area contributed by atoms with Crippen molar-refractivity contribution in [3.8, 4) is 0 Å². The molecule has 2 fully saturated rings. The highest BCUT2D eigenvalue weighted by Crippen LogP contribution is 2.34. The van der Waals surface area contributed by atoms with Crippen LogP contribution in [0.3, 0.4) is 0 Å². The number of nitrogens with one attached hydrogen (secondary N) is 1. The van der Waals surface area contributed by atoms with Crippen LogP contribution in [0, 0.1) is 5.92 Å². The van der Waals surface area contributed by atoms with Crippen LogP contribution in [0.25, 0.3) is 11.0 Å². The number of piperidine rings is 1. The molecular formula is C23H24ClN5O2. The first-order valence-corrected chi connectivity index (χ1v) is 11.1. The molecule has 7 nitrogen and oxygen atoms in total. The van der Waals surface area contributed by atoms with Crippen molar-refractivity contribution < 1.29 is 9.59 Å². The monoisotopic (exact) mass is 437 g/mol. The summed E-state index contributed by atoms with van der Waals surface area (Å²) in [5.74, 6) is 0.875. The Hall–Kier alpha value is -2.93. The number of hydrogen-bond donors (Lipinski definition) is 1. The zero-order chi connectivity index (χ0) is 21.4. The number of carbonyl (C=O) groups excluding carboxylic acids is 2. The number of carbonyl (C=O) groups is 2. The SMILES string of the molecule is O=C(c1ccccc1Cl)N1CCC(C(=O)N2CCCC2c2nc3ccncc3[nH]2)CC1. The van der Waals surface area contributed by atoms with Crippen LogP contribution in [0.5, 0.6) is 0 Å². The Morgan fingerprint density at radius 3 is 2.65 bits per heavy atom. The van der Waals surface area contributed by atoms with Gasteiger partial charge in [0.25, 0.3) is 5.91 Å². The van der Waals surface area contributed by atoms with Gasteiger partial charge in [-0.2, -0.15) is 0 Å². The van der Waals surface area contributed by atoms with Crippen LogP contribution in [-0.4, -0.2) is 56.2 Å². The van der Waals surface area contributed by atoms with E-state index in [0.717, 1.165) is 36.2 Å². The van der Waals surface area contributed by atoms with Gasteiger partial charge in [-0.15, -0.1) is 0 Å². The van der Waals surface area contributed by atoms with Crippen LogP contribution in [0.1, 0.15) is 47.9 Å². The Morgan fingerprint density at radius 1 is 1.06 bits per heavy atom. The molecule has 0 bridgehead atoms. The van der Waals surface area contributed by atoms with E-state index in [-0.39, 0.29) is 23.8 Å². The molecule has 2 saturated heterocycles. The molecule has 0 saturated carbocycles. The van der Waals surface area contributed by atoms with Gasteiger partial charge in [0, 0.05) is 31.7 Å². The van der Waals surface area contributed by atoms with E-state index in [9.17, 15) is 9.59 Å². The smallest absolute Gasteiger partial charge is 0.255 e. The Kier molecular flexibility index (Phi) is 5.36. The van der Waals surface area contributed by atoms with Gasteiger partial charge in [-0.3, -0.25) is 14.6 Å². The number of rotatable bonds is 3. The van der Waals surface area contributed by atoms with E-state index in [1.54, 1.807) is 29.4 Å². The first-order chi connectivity index (χ1) is 15.1. The molecule has 1 aromatic carbocycles. The molecule has 160 valence electrons. The lowest BCUT2D eigenvalue weighted by Gasteiger charge is -2.34. The minimum atomic E-state index is -0.0676. The van der Waals surface area contributed by atoms with Gasteiger partial charge in [-0.25, -0.2) is 4.98 Å². The van der Waals surface area contributed by atoms with E-state index >= 15 is 0 Å². The third kappa shape index (κ3) is 3.78. The van der Waals surface area contributed by atoms with Crippen molar-refractivity contribution in [3.05, 3.63) is 59.1 Å². The summed E-state index contributed by atoms with van der Waals surface area (Å²) in [4.78, 5) is 42.1. The zero-order valence-electron chi connectivity index (χ0n) is 17.1. The number of nitrogens with zero attached hydrogens (tertiary/aromatic N) is 4. The number of likely N-dealkylation sites (tertiary alicyclic amines) is 2. The first-order valence-electron chi connectivity index (χ1n) is 10.8. The van der Waals surface area contributed by atoms with Crippen molar-refractivity contribution in [2.45, 2.75) is 31.7 Å². The highest BCUT2D eigenvalue weighted by Gasteiger charge is 2.37. The van der Waals surface area contributed by atoms with Gasteiger partial charge >= 0.3 is 0 Å². The Bertz CT molecular complexity index is 1090. The van der Waals surface area contributed by atoms with Crippen molar-refractivity contribution in [1.29, 1.82) is 0 Å². The van der Waals surface area contributed by atoms with E-state index in [0.29, 0.717) is 36.5 Å². The van der Waals surface area contributed by atoms with Gasteiger partial charge in [-0.05, 0) is 43.9 Å². The normalized spacial score (nSPS) is 19.8. The third-order valence-electron chi connectivity index (χ3n) is 6.39. The third-order valence-corrected chi connectivity index (χ3v) is 6.72. The lowest BCUT2D eigenvalue weighted by molar-refractivity contribution is -0.138. The second kappa shape index (κ2) is 8.30. The quantitative estimate of drug-likeness (QED) is 0.675. The molecule has 1 atom stereocenters. The molecule has 5 rings (SSSR count). The van der Waals surface area contributed by atoms with E-state index in [1.807, 2.05) is 23.1 Å². The summed E-state index contributed by atoms with van der Waals surface area (Å²) < 4.78 is 0. The fourth-order valence-corrected chi connectivity index (χ4v) is 4.93. The average Bonchev–Trinajstić information content (AvgIpc) is 3.45. The van der Waals surface area contributed by atoms with Crippen LogP contribution < -0.4 is 0 Å². The topological polar surface area (TPSA) is 82.2 Å². The number of H-pyrrole nitrogens is 1. The average molecular weight is 438 g/mol. The largest absolute Gasteiger partial charge is 0.339 e. The summed E-state index contributed by atoms with van der Waals surface area (Å²) in [7, 11) is 0. The first kappa shape index (κ1) is 20.0. The fraction of sp³-hybridized carbons (Fsp3) is 0.391. The summed E-state index contributed by atoms with van der Waals surface area (Å²) in [6, 6.07) is 8.96. The maximum absolute atomic E-state index is 13.3. The van der Waals surface area contributed by atoms with E-state index < -0.39 is 0 Å². The standard InChI is InChI=1S/C23H24ClN5O2/c24-17-5-2-1-4-16(17)23(31)28-12-8-15(9-13-28)22(30)29-11-3-6-20(29)21-26-18-7-10-25-14-19(18)27-21/h1-2,4-5,7,10,14-15,20H,3,6,8-9,11-13H2,(H,26,27). The molecule has 2 amide bonds. The van der Waals surface area contributed by atoms with Gasteiger partial charge in [-0.1, -0.05) is 23.7 Å². The fourth-order valence-electron chi connectivity index (χ4n) is 4.72. The number of aromatic amines is 1. The van der Waals surface area contributed by atoms with Crippen LogP contribution in [0.2, 0.25) is 5.02 Å². The molecule has 8 heteroatoms. The van der Waals surface area contributed by atoms with E-state index in [4.69, 9.17) is 16.6 Å². The Labute approximate surface area is 185 Å². The second-order valence-electron chi connectivity index (χ2n) is 8.25. The van der Waals surface area contributed by atoms with Crippen LogP contribution in [-0.2, 0) is 4.79 Å². The molecule has 3 aromatic rings. The zero-order valence-corrected chi connectivity index (χ0v) is 17.9. The molecular weight excluding hydrogens is 414 g/mol. The number of imidazole rings is 1.